The molecule has 0 radical (unpaired) electrons. The van der Waals surface area contributed by atoms with E-state index in [1.165, 1.54) is 11.3 Å². The van der Waals surface area contributed by atoms with Gasteiger partial charge in [0.1, 0.15) is 6.61 Å². The van der Waals surface area contributed by atoms with E-state index in [1.807, 2.05) is 6.07 Å². The van der Waals surface area contributed by atoms with E-state index in [9.17, 15) is 4.79 Å². The van der Waals surface area contributed by atoms with Crippen molar-refractivity contribution in [2.75, 3.05) is 6.61 Å². The van der Waals surface area contributed by atoms with Crippen LogP contribution in [-0.2, 0) is 0 Å². The summed E-state index contributed by atoms with van der Waals surface area (Å²) in [4.78, 5) is 13.6. The molecule has 1 heterocycles. The lowest BCUT2D eigenvalue weighted by Crippen LogP contribution is -2.29. The summed E-state index contributed by atoms with van der Waals surface area (Å²) < 4.78 is 0. The maximum absolute atomic E-state index is 12.2. The van der Waals surface area contributed by atoms with Crippen molar-refractivity contribution in [1.82, 2.24) is 5.32 Å². The smallest absolute Gasteiger partial charge is 0.261 e. The second-order valence-electron chi connectivity index (χ2n) is 5.97. The predicted octanol–water partition coefficient (Wildman–Crippen LogP) is 2.26. The van der Waals surface area contributed by atoms with Gasteiger partial charge in [0.25, 0.3) is 5.91 Å². The van der Waals surface area contributed by atoms with E-state index in [-0.39, 0.29) is 29.4 Å². The lowest BCUT2D eigenvalue weighted by Gasteiger charge is -2.04. The Morgan fingerprint density at radius 3 is 2.53 bits per heavy atom. The molecule has 0 aliphatic heterocycles. The van der Waals surface area contributed by atoms with Gasteiger partial charge in [-0.15, -0.1) is 11.3 Å². The molecule has 1 amide bonds. The molecular formula is C15H19NO2S. The number of hydrogen-bond donors (Lipinski definition) is 2. The fourth-order valence-electron chi connectivity index (χ4n) is 2.41. The molecule has 2 rings (SSSR count). The highest BCUT2D eigenvalue weighted by Crippen LogP contribution is 2.62. The van der Waals surface area contributed by atoms with Crippen molar-refractivity contribution in [2.45, 2.75) is 33.7 Å². The van der Waals surface area contributed by atoms with E-state index < -0.39 is 0 Å². The Morgan fingerprint density at radius 2 is 2.00 bits per heavy atom. The van der Waals surface area contributed by atoms with Gasteiger partial charge in [-0.3, -0.25) is 4.79 Å². The van der Waals surface area contributed by atoms with E-state index in [4.69, 9.17) is 5.11 Å². The van der Waals surface area contributed by atoms with Crippen LogP contribution in [0.5, 0.6) is 0 Å². The Morgan fingerprint density at radius 1 is 1.37 bits per heavy atom. The standard InChI is InChI=1S/C15H19NO2S/c1-14(2)13(15(14,3)4)16-12(18)11-8-7-10(19-11)6-5-9-17/h7-8,13,17H,9H2,1-4H3,(H,16,18). The molecule has 0 saturated heterocycles. The van der Waals surface area contributed by atoms with Crippen LogP contribution in [0.4, 0.5) is 0 Å². The summed E-state index contributed by atoms with van der Waals surface area (Å²) in [6, 6.07) is 3.80. The molecular weight excluding hydrogens is 258 g/mol. The molecule has 1 aromatic rings. The SMILES string of the molecule is CC1(C)C(NC(=O)c2ccc(C#CCO)s2)C1(C)C. The fourth-order valence-corrected chi connectivity index (χ4v) is 3.20. The minimum atomic E-state index is -0.163. The number of aliphatic hydroxyl groups excluding tert-OH is 1. The van der Waals surface area contributed by atoms with E-state index >= 15 is 0 Å². The Hall–Kier alpha value is -1.31. The topological polar surface area (TPSA) is 49.3 Å². The third kappa shape index (κ3) is 2.41. The fraction of sp³-hybridized carbons (Fsp3) is 0.533. The Labute approximate surface area is 118 Å². The molecule has 1 aliphatic carbocycles. The van der Waals surface area contributed by atoms with Crippen molar-refractivity contribution in [3.63, 3.8) is 0 Å². The van der Waals surface area contributed by atoms with Gasteiger partial charge >= 0.3 is 0 Å². The van der Waals surface area contributed by atoms with Gasteiger partial charge in [0.2, 0.25) is 0 Å². The van der Waals surface area contributed by atoms with Gasteiger partial charge in [-0.1, -0.05) is 39.5 Å². The highest BCUT2D eigenvalue weighted by Gasteiger charge is 2.65. The molecule has 1 aliphatic rings. The highest BCUT2D eigenvalue weighted by atomic mass is 32.1. The Balaban J connectivity index is 2.04. The summed E-state index contributed by atoms with van der Waals surface area (Å²) in [5.74, 6) is 5.35. The average Bonchev–Trinajstić information content (AvgIpc) is 2.76. The van der Waals surface area contributed by atoms with Crippen LogP contribution in [0.15, 0.2) is 12.1 Å². The number of hydrogen-bond acceptors (Lipinski definition) is 3. The Kier molecular flexibility index (Phi) is 3.46. The first kappa shape index (κ1) is 14.1. The average molecular weight is 277 g/mol. The first-order valence-corrected chi connectivity index (χ1v) is 7.13. The second-order valence-corrected chi connectivity index (χ2v) is 7.06. The van der Waals surface area contributed by atoms with Gasteiger partial charge in [-0.2, -0.15) is 0 Å². The first-order valence-electron chi connectivity index (χ1n) is 6.31. The van der Waals surface area contributed by atoms with Crippen LogP contribution in [0.1, 0.15) is 42.2 Å². The van der Waals surface area contributed by atoms with Gasteiger partial charge in [-0.05, 0) is 23.0 Å². The molecule has 0 spiro atoms. The largest absolute Gasteiger partial charge is 0.384 e. The van der Waals surface area contributed by atoms with Crippen LogP contribution in [0.2, 0.25) is 0 Å². The minimum absolute atomic E-state index is 0.0364. The third-order valence-electron chi connectivity index (χ3n) is 4.42. The third-order valence-corrected chi connectivity index (χ3v) is 5.42. The summed E-state index contributed by atoms with van der Waals surface area (Å²) >= 11 is 1.35. The maximum atomic E-state index is 12.2. The zero-order chi connectivity index (χ0) is 14.3. The van der Waals surface area contributed by atoms with Crippen molar-refractivity contribution in [3.05, 3.63) is 21.9 Å². The summed E-state index contributed by atoms with van der Waals surface area (Å²) in [5, 5.41) is 11.7. The van der Waals surface area contributed by atoms with Crippen molar-refractivity contribution in [2.24, 2.45) is 10.8 Å². The lowest BCUT2D eigenvalue weighted by atomic mass is 10.0. The molecule has 1 aromatic heterocycles. The molecule has 0 aromatic carbocycles. The number of thiophene rings is 1. The molecule has 2 N–H and O–H groups in total. The van der Waals surface area contributed by atoms with E-state index in [0.29, 0.717) is 4.88 Å². The molecule has 1 fully saturated rings. The quantitative estimate of drug-likeness (QED) is 0.815. The zero-order valence-electron chi connectivity index (χ0n) is 11.7. The first-order chi connectivity index (χ1) is 8.80. The van der Waals surface area contributed by atoms with E-state index in [0.717, 1.165) is 4.88 Å². The van der Waals surface area contributed by atoms with E-state index in [2.05, 4.69) is 44.9 Å². The number of rotatable bonds is 2. The molecule has 1 saturated carbocycles. The maximum Gasteiger partial charge on any atom is 0.261 e. The van der Waals surface area contributed by atoms with Crippen LogP contribution in [0.3, 0.4) is 0 Å². The molecule has 4 heteroatoms. The summed E-state index contributed by atoms with van der Waals surface area (Å²) in [6.07, 6.45) is 0. The molecule has 0 atom stereocenters. The number of nitrogens with one attached hydrogen (secondary N) is 1. The van der Waals surface area contributed by atoms with Crippen LogP contribution >= 0.6 is 11.3 Å². The normalized spacial score (nSPS) is 19.4. The monoisotopic (exact) mass is 277 g/mol. The molecule has 102 valence electrons. The Bertz CT molecular complexity index is 546. The predicted molar refractivity (Wildman–Crippen MR) is 77.1 cm³/mol. The molecule has 0 bridgehead atoms. The number of carbonyl (C=O) groups is 1. The van der Waals surface area contributed by atoms with Gasteiger partial charge in [0.15, 0.2) is 0 Å². The molecule has 0 unspecified atom stereocenters. The van der Waals surface area contributed by atoms with Gasteiger partial charge in [0.05, 0.1) is 9.75 Å². The van der Waals surface area contributed by atoms with Crippen LogP contribution in [0.25, 0.3) is 0 Å². The number of aliphatic hydroxyl groups is 1. The highest BCUT2D eigenvalue weighted by molar-refractivity contribution is 7.14. The number of carbonyl (C=O) groups excluding carboxylic acids is 1. The minimum Gasteiger partial charge on any atom is -0.384 e. The molecule has 3 nitrogen and oxygen atoms in total. The van der Waals surface area contributed by atoms with Crippen molar-refractivity contribution in [3.8, 4) is 11.8 Å². The summed E-state index contributed by atoms with van der Waals surface area (Å²) in [7, 11) is 0. The van der Waals surface area contributed by atoms with Gasteiger partial charge in [0, 0.05) is 6.04 Å². The van der Waals surface area contributed by atoms with Gasteiger partial charge in [-0.25, -0.2) is 0 Å². The van der Waals surface area contributed by atoms with Crippen LogP contribution < -0.4 is 5.32 Å². The van der Waals surface area contributed by atoms with Crippen molar-refractivity contribution in [1.29, 1.82) is 0 Å². The molecule has 19 heavy (non-hydrogen) atoms. The van der Waals surface area contributed by atoms with Crippen molar-refractivity contribution < 1.29 is 9.90 Å². The number of amides is 1. The lowest BCUT2D eigenvalue weighted by molar-refractivity contribution is 0.0947. The van der Waals surface area contributed by atoms with Gasteiger partial charge < -0.3 is 10.4 Å². The second kappa shape index (κ2) is 4.66. The van der Waals surface area contributed by atoms with Crippen molar-refractivity contribution >= 4 is 17.2 Å². The summed E-state index contributed by atoms with van der Waals surface area (Å²) in [5.41, 5.74) is 0.277. The van der Waals surface area contributed by atoms with Crippen LogP contribution in [-0.4, -0.2) is 23.7 Å². The van der Waals surface area contributed by atoms with E-state index in [1.54, 1.807) is 6.07 Å². The summed E-state index contributed by atoms with van der Waals surface area (Å²) in [6.45, 7) is 8.52. The zero-order valence-corrected chi connectivity index (χ0v) is 12.5. The van der Waals surface area contributed by atoms with Crippen LogP contribution in [0, 0.1) is 22.7 Å².